The lowest BCUT2D eigenvalue weighted by atomic mass is 10.2. The molecule has 0 aliphatic rings. The molecule has 0 amide bonds. The highest BCUT2D eigenvalue weighted by Gasteiger charge is 1.99. The molecule has 0 radical (unpaired) electrons. The van der Waals surface area contributed by atoms with Crippen molar-refractivity contribution < 1.29 is 19.0 Å². The highest BCUT2D eigenvalue weighted by molar-refractivity contribution is 5.74. The van der Waals surface area contributed by atoms with Crippen LogP contribution in [0.3, 0.4) is 0 Å². The molecular formula is C22H20O4. The molecule has 3 aromatic carbocycles. The summed E-state index contributed by atoms with van der Waals surface area (Å²) in [5.41, 5.74) is 0.639. The van der Waals surface area contributed by atoms with Gasteiger partial charge in [0.1, 0.15) is 29.3 Å². The zero-order valence-electron chi connectivity index (χ0n) is 14.3. The van der Waals surface area contributed by atoms with Gasteiger partial charge in [-0.1, -0.05) is 18.2 Å². The molecule has 0 spiro atoms. The van der Waals surface area contributed by atoms with E-state index in [1.807, 2.05) is 54.6 Å². The molecule has 0 saturated carbocycles. The second kappa shape index (κ2) is 9.28. The second-order valence-corrected chi connectivity index (χ2v) is 5.62. The summed E-state index contributed by atoms with van der Waals surface area (Å²) in [5, 5.41) is 0. The van der Waals surface area contributed by atoms with Crippen LogP contribution in [0.2, 0.25) is 0 Å². The average Bonchev–Trinajstić information content (AvgIpc) is 2.70. The molecule has 0 bridgehead atoms. The van der Waals surface area contributed by atoms with Gasteiger partial charge < -0.3 is 14.2 Å². The Kier molecular flexibility index (Phi) is 6.26. The number of rotatable bonds is 9. The molecular weight excluding hydrogens is 328 g/mol. The Hall–Kier alpha value is -3.27. The van der Waals surface area contributed by atoms with E-state index in [1.54, 1.807) is 24.3 Å². The molecule has 132 valence electrons. The minimum Gasteiger partial charge on any atom is -0.493 e. The summed E-state index contributed by atoms with van der Waals surface area (Å²) in [4.78, 5) is 10.6. The molecule has 26 heavy (non-hydrogen) atoms. The van der Waals surface area contributed by atoms with Gasteiger partial charge in [-0.2, -0.15) is 0 Å². The van der Waals surface area contributed by atoms with Crippen LogP contribution in [0.5, 0.6) is 23.0 Å². The largest absolute Gasteiger partial charge is 0.493 e. The monoisotopic (exact) mass is 348 g/mol. The summed E-state index contributed by atoms with van der Waals surface area (Å²) in [6.07, 6.45) is 1.57. The van der Waals surface area contributed by atoms with Gasteiger partial charge in [-0.25, -0.2) is 0 Å². The fourth-order valence-electron chi connectivity index (χ4n) is 2.31. The number of carbonyl (C=O) groups is 1. The van der Waals surface area contributed by atoms with Gasteiger partial charge >= 0.3 is 0 Å². The Morgan fingerprint density at radius 1 is 0.615 bits per heavy atom. The number of carbonyl (C=O) groups excluding carboxylic acids is 1. The zero-order valence-corrected chi connectivity index (χ0v) is 14.3. The predicted octanol–water partition coefficient (Wildman–Crippen LogP) is 5.14. The molecule has 3 rings (SSSR count). The Morgan fingerprint density at radius 3 is 1.69 bits per heavy atom. The van der Waals surface area contributed by atoms with E-state index in [-0.39, 0.29) is 0 Å². The zero-order chi connectivity index (χ0) is 18.0. The van der Waals surface area contributed by atoms with Crippen LogP contribution in [0.15, 0.2) is 78.9 Å². The molecule has 4 nitrogen and oxygen atoms in total. The molecule has 0 saturated heterocycles. The van der Waals surface area contributed by atoms with Crippen molar-refractivity contribution in [1.82, 2.24) is 0 Å². The van der Waals surface area contributed by atoms with Crippen molar-refractivity contribution in [1.29, 1.82) is 0 Å². The lowest BCUT2D eigenvalue weighted by Gasteiger charge is -2.09. The number of hydrogen-bond acceptors (Lipinski definition) is 4. The summed E-state index contributed by atoms with van der Waals surface area (Å²) in [6, 6.07) is 24.2. The third-order valence-corrected chi connectivity index (χ3v) is 3.64. The summed E-state index contributed by atoms with van der Waals surface area (Å²) >= 11 is 0. The van der Waals surface area contributed by atoms with E-state index < -0.39 is 0 Å². The fraction of sp³-hybridized carbons (Fsp3) is 0.136. The molecule has 3 aromatic rings. The number of hydrogen-bond donors (Lipinski definition) is 0. The SMILES string of the molecule is O=Cc1ccc(OCCCOc2ccc(Oc3ccccc3)cc2)cc1. The number of aldehydes is 1. The van der Waals surface area contributed by atoms with Crippen LogP contribution in [0.25, 0.3) is 0 Å². The Morgan fingerprint density at radius 2 is 1.12 bits per heavy atom. The minimum absolute atomic E-state index is 0.551. The number of benzene rings is 3. The molecule has 0 fully saturated rings. The van der Waals surface area contributed by atoms with Crippen molar-refractivity contribution in [2.24, 2.45) is 0 Å². The molecule has 0 aromatic heterocycles. The summed E-state index contributed by atoms with van der Waals surface area (Å²) in [5.74, 6) is 3.11. The van der Waals surface area contributed by atoms with Crippen LogP contribution in [0, 0.1) is 0 Å². The quantitative estimate of drug-likeness (QED) is 0.397. The highest BCUT2D eigenvalue weighted by atomic mass is 16.5. The Balaban J connectivity index is 1.37. The van der Waals surface area contributed by atoms with Crippen molar-refractivity contribution in [2.45, 2.75) is 6.42 Å². The van der Waals surface area contributed by atoms with Gasteiger partial charge in [0.2, 0.25) is 0 Å². The maximum atomic E-state index is 10.6. The summed E-state index contributed by atoms with van der Waals surface area (Å²) in [7, 11) is 0. The van der Waals surface area contributed by atoms with E-state index in [2.05, 4.69) is 0 Å². The first-order chi connectivity index (χ1) is 12.8. The predicted molar refractivity (Wildman–Crippen MR) is 100 cm³/mol. The smallest absolute Gasteiger partial charge is 0.150 e. The first kappa shape index (κ1) is 17.5. The van der Waals surface area contributed by atoms with Gasteiger partial charge in [0.15, 0.2) is 0 Å². The van der Waals surface area contributed by atoms with Crippen LogP contribution >= 0.6 is 0 Å². The second-order valence-electron chi connectivity index (χ2n) is 5.62. The third kappa shape index (κ3) is 5.38. The fourth-order valence-corrected chi connectivity index (χ4v) is 2.31. The van der Waals surface area contributed by atoms with Gasteiger partial charge in [0.25, 0.3) is 0 Å². The first-order valence-electron chi connectivity index (χ1n) is 8.47. The van der Waals surface area contributed by atoms with Gasteiger partial charge in [-0.05, 0) is 60.7 Å². The van der Waals surface area contributed by atoms with Crippen molar-refractivity contribution >= 4 is 6.29 Å². The standard InChI is InChI=1S/C22H20O4/c23-17-18-7-9-19(10-8-18)24-15-4-16-25-20-11-13-22(14-12-20)26-21-5-2-1-3-6-21/h1-3,5-14,17H,4,15-16H2. The molecule has 0 heterocycles. The molecule has 4 heteroatoms. The first-order valence-corrected chi connectivity index (χ1v) is 8.47. The molecule has 0 unspecified atom stereocenters. The van der Waals surface area contributed by atoms with E-state index in [0.717, 1.165) is 35.7 Å². The van der Waals surface area contributed by atoms with E-state index in [0.29, 0.717) is 18.8 Å². The van der Waals surface area contributed by atoms with Gasteiger partial charge in [-0.15, -0.1) is 0 Å². The summed E-state index contributed by atoms with van der Waals surface area (Å²) in [6.45, 7) is 1.11. The van der Waals surface area contributed by atoms with Gasteiger partial charge in [0.05, 0.1) is 13.2 Å². The Bertz CT molecular complexity index is 796. The molecule has 0 aliphatic heterocycles. The molecule has 0 aliphatic carbocycles. The maximum absolute atomic E-state index is 10.6. The van der Waals surface area contributed by atoms with Crippen molar-refractivity contribution in [3.63, 3.8) is 0 Å². The van der Waals surface area contributed by atoms with Crippen molar-refractivity contribution in [2.75, 3.05) is 13.2 Å². The van der Waals surface area contributed by atoms with Crippen LogP contribution in [0.1, 0.15) is 16.8 Å². The molecule has 0 atom stereocenters. The highest BCUT2D eigenvalue weighted by Crippen LogP contribution is 2.23. The van der Waals surface area contributed by atoms with E-state index in [9.17, 15) is 4.79 Å². The molecule has 0 N–H and O–H groups in total. The van der Waals surface area contributed by atoms with E-state index >= 15 is 0 Å². The third-order valence-electron chi connectivity index (χ3n) is 3.64. The van der Waals surface area contributed by atoms with Crippen LogP contribution < -0.4 is 14.2 Å². The van der Waals surface area contributed by atoms with Crippen LogP contribution in [-0.4, -0.2) is 19.5 Å². The normalized spacial score (nSPS) is 10.2. The lowest BCUT2D eigenvalue weighted by molar-refractivity contribution is 0.112. The lowest BCUT2D eigenvalue weighted by Crippen LogP contribution is -2.05. The van der Waals surface area contributed by atoms with Gasteiger partial charge in [-0.3, -0.25) is 4.79 Å². The van der Waals surface area contributed by atoms with Crippen molar-refractivity contribution in [3.8, 4) is 23.0 Å². The average molecular weight is 348 g/mol. The maximum Gasteiger partial charge on any atom is 0.150 e. The number of para-hydroxylation sites is 1. The summed E-state index contributed by atoms with van der Waals surface area (Å²) < 4.78 is 17.1. The van der Waals surface area contributed by atoms with Crippen LogP contribution in [0.4, 0.5) is 0 Å². The minimum atomic E-state index is 0.551. The van der Waals surface area contributed by atoms with Crippen molar-refractivity contribution in [3.05, 3.63) is 84.4 Å². The van der Waals surface area contributed by atoms with Crippen LogP contribution in [-0.2, 0) is 0 Å². The number of ether oxygens (including phenoxy) is 3. The van der Waals surface area contributed by atoms with Gasteiger partial charge in [0, 0.05) is 12.0 Å². The topological polar surface area (TPSA) is 44.8 Å². The Labute approximate surface area is 153 Å². The van der Waals surface area contributed by atoms with E-state index in [4.69, 9.17) is 14.2 Å². The van der Waals surface area contributed by atoms with E-state index in [1.165, 1.54) is 0 Å².